The molecule has 1 saturated carbocycles. The van der Waals surface area contributed by atoms with Gasteiger partial charge in [0.25, 0.3) is 0 Å². The minimum Gasteiger partial charge on any atom is -0.504 e. The first-order valence-corrected chi connectivity index (χ1v) is 16.3. The summed E-state index contributed by atoms with van der Waals surface area (Å²) >= 11 is 0. The number of ether oxygens (including phenoxy) is 4. The summed E-state index contributed by atoms with van der Waals surface area (Å²) in [7, 11) is 0. The van der Waals surface area contributed by atoms with E-state index in [9.17, 15) is 64.5 Å². The second kappa shape index (κ2) is 18.0. The Bertz CT molecular complexity index is 2010. The Morgan fingerprint density at radius 3 is 1.30 bits per heavy atom. The van der Waals surface area contributed by atoms with E-state index < -0.39 is 120 Å². The fourth-order valence-electron chi connectivity index (χ4n) is 5.32. The van der Waals surface area contributed by atoms with E-state index in [0.29, 0.717) is 0 Å². The molecule has 0 aliphatic heterocycles. The maximum absolute atomic E-state index is 13.1. The molecule has 1 fully saturated rings. The molecule has 18 nitrogen and oxygen atoms in total. The Labute approximate surface area is 316 Å². The molecule has 3 aromatic carbocycles. The van der Waals surface area contributed by atoms with E-state index in [0.717, 1.165) is 72.9 Å². The fourth-order valence-corrected chi connectivity index (χ4v) is 5.32. The highest BCUT2D eigenvalue weighted by Gasteiger charge is 2.57. The topological polar surface area (TPSA) is 301 Å². The Kier molecular flexibility index (Phi) is 13.3. The van der Waals surface area contributed by atoms with E-state index in [2.05, 4.69) is 0 Å². The van der Waals surface area contributed by atoms with Gasteiger partial charge in [0.1, 0.15) is 12.2 Å². The number of hydrogen-bond donors (Lipinski definition) is 8. The smallest absolute Gasteiger partial charge is 0.348 e. The molecule has 2 atom stereocenters. The standard InChI is InChI=1S/C38H34O18/c39-23-7-1-20(15-26(23)42)4-11-32(47)53-29-18-38(37(51)52,56-35(50)13-6-22-3-9-25(41)28(44)17-22)19-30(36(29)55-34(49)14-10-31(45)46)54-33(48)12-5-21-2-8-24(40)27(43)16-21/h1-9,11-13,15-17,29-30,36,39-44H,10,14,18-19H2,(H,45,46)(H,51,52). The average Bonchev–Trinajstić information content (AvgIpc) is 3.13. The summed E-state index contributed by atoms with van der Waals surface area (Å²) in [4.78, 5) is 76.3. The monoisotopic (exact) mass is 778 g/mol. The van der Waals surface area contributed by atoms with E-state index in [-0.39, 0.29) is 16.7 Å². The molecule has 0 spiro atoms. The highest BCUT2D eigenvalue weighted by molar-refractivity contribution is 5.91. The van der Waals surface area contributed by atoms with Gasteiger partial charge in [0.15, 0.2) is 40.6 Å². The van der Waals surface area contributed by atoms with Gasteiger partial charge in [-0.25, -0.2) is 19.2 Å². The predicted octanol–water partition coefficient (Wildman–Crippen LogP) is 3.12. The molecule has 0 radical (unpaired) electrons. The van der Waals surface area contributed by atoms with Crippen LogP contribution in [0.3, 0.4) is 0 Å². The van der Waals surface area contributed by atoms with Crippen molar-refractivity contribution in [1.29, 1.82) is 0 Å². The lowest BCUT2D eigenvalue weighted by Gasteiger charge is -2.43. The van der Waals surface area contributed by atoms with E-state index in [4.69, 9.17) is 24.1 Å². The SMILES string of the molecule is O=C(O)CCC(=O)OC1C(OC(=O)C=Cc2ccc(O)c(O)c2)CC(OC(=O)C=Cc2ccc(O)c(O)c2)(C(=O)O)CC1OC(=O)C=Cc1ccc(O)c(O)c1. The summed E-state index contributed by atoms with van der Waals surface area (Å²) in [5.41, 5.74) is -2.09. The normalized spacial score (nSPS) is 19.4. The highest BCUT2D eigenvalue weighted by Crippen LogP contribution is 2.38. The molecular weight excluding hydrogens is 744 g/mol. The van der Waals surface area contributed by atoms with Gasteiger partial charge >= 0.3 is 35.8 Å². The number of aliphatic carboxylic acids is 2. The molecule has 2 unspecified atom stereocenters. The minimum atomic E-state index is -2.66. The van der Waals surface area contributed by atoms with Gasteiger partial charge in [0.2, 0.25) is 5.60 Å². The number of benzene rings is 3. The first-order valence-electron chi connectivity index (χ1n) is 16.3. The number of phenols is 6. The van der Waals surface area contributed by atoms with E-state index >= 15 is 0 Å². The lowest BCUT2D eigenvalue weighted by atomic mass is 9.79. The van der Waals surface area contributed by atoms with Crippen molar-refractivity contribution >= 4 is 54.0 Å². The van der Waals surface area contributed by atoms with Crippen LogP contribution in [-0.2, 0) is 47.7 Å². The van der Waals surface area contributed by atoms with Crippen molar-refractivity contribution in [1.82, 2.24) is 0 Å². The van der Waals surface area contributed by atoms with Crippen molar-refractivity contribution in [3.05, 3.63) is 89.5 Å². The molecule has 18 heteroatoms. The van der Waals surface area contributed by atoms with Gasteiger partial charge in [-0.15, -0.1) is 0 Å². The third kappa shape index (κ3) is 11.3. The van der Waals surface area contributed by atoms with E-state index in [1.54, 1.807) is 0 Å². The highest BCUT2D eigenvalue weighted by atomic mass is 16.6. The fraction of sp³-hybridized carbons (Fsp3) is 0.211. The molecule has 0 bridgehead atoms. The maximum Gasteiger partial charge on any atom is 0.348 e. The van der Waals surface area contributed by atoms with Crippen LogP contribution in [0.5, 0.6) is 34.5 Å². The quantitative estimate of drug-likeness (QED) is 0.0504. The minimum absolute atomic E-state index is 0.180. The predicted molar refractivity (Wildman–Crippen MR) is 189 cm³/mol. The number of carboxylic acids is 2. The van der Waals surface area contributed by atoms with E-state index in [1.165, 1.54) is 18.2 Å². The molecule has 0 aromatic heterocycles. The van der Waals surface area contributed by atoms with Crippen molar-refractivity contribution in [3.8, 4) is 34.5 Å². The van der Waals surface area contributed by atoms with Crippen molar-refractivity contribution in [2.75, 3.05) is 0 Å². The zero-order valence-electron chi connectivity index (χ0n) is 28.9. The van der Waals surface area contributed by atoms with Crippen molar-refractivity contribution in [2.24, 2.45) is 0 Å². The van der Waals surface area contributed by atoms with E-state index in [1.807, 2.05) is 0 Å². The lowest BCUT2D eigenvalue weighted by Crippen LogP contribution is -2.60. The van der Waals surface area contributed by atoms with Gasteiger partial charge in [-0.2, -0.15) is 0 Å². The van der Waals surface area contributed by atoms with Crippen molar-refractivity contribution in [3.63, 3.8) is 0 Å². The first kappa shape index (κ1) is 41.3. The summed E-state index contributed by atoms with van der Waals surface area (Å²) in [5.74, 6) is -11.0. The Balaban J connectivity index is 1.71. The summed E-state index contributed by atoms with van der Waals surface area (Å²) < 4.78 is 21.8. The molecule has 0 heterocycles. The zero-order valence-corrected chi connectivity index (χ0v) is 28.9. The average molecular weight is 779 g/mol. The maximum atomic E-state index is 13.1. The third-order valence-corrected chi connectivity index (χ3v) is 8.06. The van der Waals surface area contributed by atoms with Crippen molar-refractivity contribution in [2.45, 2.75) is 49.6 Å². The molecule has 3 aromatic rings. The number of hydrogen-bond acceptors (Lipinski definition) is 16. The van der Waals surface area contributed by atoms with Gasteiger partial charge in [0.05, 0.1) is 12.8 Å². The largest absolute Gasteiger partial charge is 0.504 e. The second-order valence-corrected chi connectivity index (χ2v) is 12.2. The molecule has 1 aliphatic carbocycles. The Morgan fingerprint density at radius 1 is 0.554 bits per heavy atom. The molecule has 0 saturated heterocycles. The van der Waals surface area contributed by atoms with Crippen molar-refractivity contribution < 1.29 is 88.6 Å². The molecule has 294 valence electrons. The second-order valence-electron chi connectivity index (χ2n) is 12.2. The molecule has 0 amide bonds. The van der Waals surface area contributed by atoms with Gasteiger partial charge in [-0.1, -0.05) is 18.2 Å². The molecule has 8 N–H and O–H groups in total. The van der Waals surface area contributed by atoms with Crippen LogP contribution in [0.25, 0.3) is 18.2 Å². The molecule has 56 heavy (non-hydrogen) atoms. The lowest BCUT2D eigenvalue weighted by molar-refractivity contribution is -0.219. The number of phenolic OH excluding ortho intramolecular Hbond substituents is 6. The number of esters is 4. The van der Waals surface area contributed by atoms with Gasteiger partial charge in [-0.3, -0.25) is 9.59 Å². The van der Waals surface area contributed by atoms with Crippen LogP contribution < -0.4 is 0 Å². The first-order chi connectivity index (χ1) is 26.4. The van der Waals surface area contributed by atoms with Gasteiger partial charge in [-0.05, 0) is 71.3 Å². The number of aromatic hydroxyl groups is 6. The van der Waals surface area contributed by atoms with Crippen LogP contribution in [0.2, 0.25) is 0 Å². The number of carbonyl (C=O) groups is 6. The van der Waals surface area contributed by atoms with Crippen LogP contribution in [0, 0.1) is 0 Å². The van der Waals surface area contributed by atoms with Crippen LogP contribution in [-0.4, -0.2) is 101 Å². The van der Waals surface area contributed by atoms with Gasteiger partial charge in [0, 0.05) is 31.1 Å². The summed E-state index contributed by atoms with van der Waals surface area (Å²) in [5, 5.41) is 77.6. The van der Waals surface area contributed by atoms with Gasteiger partial charge < -0.3 is 59.8 Å². The number of carboxylic acid groups (broad SMARTS) is 2. The molecular formula is C38H34O18. The summed E-state index contributed by atoms with van der Waals surface area (Å²) in [6.07, 6.45) is -2.95. The Morgan fingerprint density at radius 2 is 0.946 bits per heavy atom. The number of rotatable bonds is 14. The van der Waals surface area contributed by atoms with Crippen LogP contribution in [0.4, 0.5) is 0 Å². The summed E-state index contributed by atoms with van der Waals surface area (Å²) in [6, 6.07) is 10.6. The Hall–Kier alpha value is -7.50. The van der Waals surface area contributed by atoms with Crippen LogP contribution in [0.15, 0.2) is 72.8 Å². The molecule has 4 rings (SSSR count). The zero-order chi connectivity index (χ0) is 41.2. The van der Waals surface area contributed by atoms with Crippen LogP contribution in [0.1, 0.15) is 42.4 Å². The summed E-state index contributed by atoms with van der Waals surface area (Å²) in [6.45, 7) is 0. The molecule has 1 aliphatic rings. The van der Waals surface area contributed by atoms with Crippen LogP contribution >= 0.6 is 0 Å². The third-order valence-electron chi connectivity index (χ3n) is 8.06. The number of carbonyl (C=O) groups excluding carboxylic acids is 4.